The summed E-state index contributed by atoms with van der Waals surface area (Å²) in [5.74, 6) is 1.92. The number of hydrogen-bond donors (Lipinski definition) is 2. The molecule has 0 aromatic carbocycles. The van der Waals surface area contributed by atoms with E-state index < -0.39 is 0 Å². The van der Waals surface area contributed by atoms with Gasteiger partial charge in [0.25, 0.3) is 0 Å². The summed E-state index contributed by atoms with van der Waals surface area (Å²) in [7, 11) is 0. The van der Waals surface area contributed by atoms with Crippen LogP contribution >= 0.6 is 0 Å². The zero-order chi connectivity index (χ0) is 17.2. The van der Waals surface area contributed by atoms with Crippen molar-refractivity contribution in [3.05, 3.63) is 48.2 Å². The van der Waals surface area contributed by atoms with Crippen LogP contribution in [0.5, 0.6) is 0 Å². The van der Waals surface area contributed by atoms with E-state index in [4.69, 9.17) is 0 Å². The monoisotopic (exact) mass is 339 g/mol. The molecule has 0 bridgehead atoms. The number of aryl methyl sites for hydroxylation is 1. The third-order valence-electron chi connectivity index (χ3n) is 5.45. The van der Waals surface area contributed by atoms with Crippen molar-refractivity contribution < 1.29 is 5.11 Å². The minimum Gasteiger partial charge on any atom is -0.391 e. The SMILES string of the molecule is Cc1cccc(CN2C[C@H]3C[C@@H](Nc4cnccn4)[C@H](O)C[C@H]3C2)n1. The van der Waals surface area contributed by atoms with Gasteiger partial charge in [-0.15, -0.1) is 0 Å². The molecule has 4 atom stereocenters. The molecule has 2 aromatic rings. The predicted octanol–water partition coefficient (Wildman–Crippen LogP) is 1.86. The first kappa shape index (κ1) is 16.4. The number of hydrogen-bond acceptors (Lipinski definition) is 6. The number of anilines is 1. The van der Waals surface area contributed by atoms with Crippen molar-refractivity contribution in [3.63, 3.8) is 0 Å². The Hall–Kier alpha value is -2.05. The molecule has 6 heteroatoms. The maximum atomic E-state index is 10.5. The Bertz CT molecular complexity index is 710. The second kappa shape index (κ2) is 7.06. The van der Waals surface area contributed by atoms with Crippen LogP contribution in [0.1, 0.15) is 24.2 Å². The fraction of sp³-hybridized carbons (Fsp3) is 0.526. The normalized spacial score (nSPS) is 29.4. The fourth-order valence-corrected chi connectivity index (χ4v) is 4.29. The van der Waals surface area contributed by atoms with Gasteiger partial charge in [-0.05, 0) is 43.7 Å². The van der Waals surface area contributed by atoms with Gasteiger partial charge in [0, 0.05) is 37.7 Å². The molecule has 0 spiro atoms. The minimum atomic E-state index is -0.333. The highest BCUT2D eigenvalue weighted by Crippen LogP contribution is 2.37. The van der Waals surface area contributed by atoms with Gasteiger partial charge in [0.1, 0.15) is 5.82 Å². The number of aliphatic hydroxyl groups excluding tert-OH is 1. The second-order valence-corrected chi connectivity index (χ2v) is 7.36. The molecule has 1 aliphatic heterocycles. The number of likely N-dealkylation sites (tertiary alicyclic amines) is 1. The van der Waals surface area contributed by atoms with E-state index in [2.05, 4.69) is 37.3 Å². The molecule has 0 amide bonds. The van der Waals surface area contributed by atoms with Crippen LogP contribution < -0.4 is 5.32 Å². The highest BCUT2D eigenvalue weighted by atomic mass is 16.3. The van der Waals surface area contributed by atoms with E-state index in [1.165, 1.54) is 0 Å². The third-order valence-corrected chi connectivity index (χ3v) is 5.45. The largest absolute Gasteiger partial charge is 0.391 e. The second-order valence-electron chi connectivity index (χ2n) is 7.36. The summed E-state index contributed by atoms with van der Waals surface area (Å²) in [5.41, 5.74) is 2.20. The Kier molecular flexibility index (Phi) is 4.63. The van der Waals surface area contributed by atoms with Crippen molar-refractivity contribution in [2.45, 2.75) is 38.5 Å². The van der Waals surface area contributed by atoms with Gasteiger partial charge in [0.2, 0.25) is 0 Å². The van der Waals surface area contributed by atoms with Crippen LogP contribution in [0.2, 0.25) is 0 Å². The molecule has 3 heterocycles. The smallest absolute Gasteiger partial charge is 0.144 e. The van der Waals surface area contributed by atoms with E-state index in [1.54, 1.807) is 18.6 Å². The topological polar surface area (TPSA) is 74.2 Å². The van der Waals surface area contributed by atoms with Crippen LogP contribution in [0.3, 0.4) is 0 Å². The van der Waals surface area contributed by atoms with E-state index >= 15 is 0 Å². The van der Waals surface area contributed by atoms with Crippen LogP contribution in [0.25, 0.3) is 0 Å². The van der Waals surface area contributed by atoms with Gasteiger partial charge < -0.3 is 10.4 Å². The molecule has 0 unspecified atom stereocenters. The average molecular weight is 339 g/mol. The maximum Gasteiger partial charge on any atom is 0.144 e. The molecule has 2 aliphatic rings. The van der Waals surface area contributed by atoms with Gasteiger partial charge in [-0.25, -0.2) is 4.98 Å². The lowest BCUT2D eigenvalue weighted by atomic mass is 9.77. The molecule has 2 fully saturated rings. The van der Waals surface area contributed by atoms with Crippen molar-refractivity contribution in [1.82, 2.24) is 19.9 Å². The van der Waals surface area contributed by atoms with Gasteiger partial charge in [-0.2, -0.15) is 0 Å². The molecule has 25 heavy (non-hydrogen) atoms. The van der Waals surface area contributed by atoms with E-state index in [9.17, 15) is 5.11 Å². The predicted molar refractivity (Wildman–Crippen MR) is 95.9 cm³/mol. The van der Waals surface area contributed by atoms with Crippen molar-refractivity contribution in [3.8, 4) is 0 Å². The van der Waals surface area contributed by atoms with Crippen LogP contribution in [-0.2, 0) is 6.54 Å². The lowest BCUT2D eigenvalue weighted by Gasteiger charge is -2.35. The van der Waals surface area contributed by atoms with Gasteiger partial charge >= 0.3 is 0 Å². The Morgan fingerprint density at radius 1 is 1.20 bits per heavy atom. The highest BCUT2D eigenvalue weighted by molar-refractivity contribution is 5.32. The summed E-state index contributed by atoms with van der Waals surface area (Å²) in [6.45, 7) is 5.06. The molecule has 2 aromatic heterocycles. The Morgan fingerprint density at radius 2 is 2.04 bits per heavy atom. The summed E-state index contributed by atoms with van der Waals surface area (Å²) >= 11 is 0. The van der Waals surface area contributed by atoms with E-state index in [0.717, 1.165) is 49.7 Å². The Labute approximate surface area is 148 Å². The zero-order valence-corrected chi connectivity index (χ0v) is 14.5. The van der Waals surface area contributed by atoms with Crippen molar-refractivity contribution in [2.75, 3.05) is 18.4 Å². The summed E-state index contributed by atoms with van der Waals surface area (Å²) in [6.07, 6.45) is 6.53. The standard InChI is InChI=1S/C19H25N5O/c1-13-3-2-4-16(22-13)12-24-10-14-7-17(18(25)8-15(14)11-24)23-19-9-20-5-6-21-19/h2-6,9,14-15,17-18,25H,7-8,10-12H2,1H3,(H,21,23)/t14-,15+,17-,18-/m1/s1. The Balaban J connectivity index is 1.38. The summed E-state index contributed by atoms with van der Waals surface area (Å²) < 4.78 is 0. The van der Waals surface area contributed by atoms with E-state index in [1.807, 2.05) is 13.0 Å². The average Bonchev–Trinajstić information content (AvgIpc) is 2.97. The minimum absolute atomic E-state index is 0.0509. The van der Waals surface area contributed by atoms with Crippen LogP contribution in [0.4, 0.5) is 5.82 Å². The zero-order valence-electron chi connectivity index (χ0n) is 14.5. The summed E-state index contributed by atoms with van der Waals surface area (Å²) in [5, 5.41) is 13.9. The molecular formula is C19H25N5O. The number of rotatable bonds is 4. The molecule has 2 N–H and O–H groups in total. The van der Waals surface area contributed by atoms with Crippen LogP contribution in [-0.4, -0.2) is 50.2 Å². The van der Waals surface area contributed by atoms with Crippen LogP contribution in [0.15, 0.2) is 36.8 Å². The number of pyridine rings is 1. The first-order valence-electron chi connectivity index (χ1n) is 9.03. The van der Waals surface area contributed by atoms with E-state index in [-0.39, 0.29) is 12.1 Å². The molecule has 132 valence electrons. The molecule has 1 saturated heterocycles. The molecular weight excluding hydrogens is 314 g/mol. The Morgan fingerprint density at radius 3 is 2.80 bits per heavy atom. The highest BCUT2D eigenvalue weighted by Gasteiger charge is 2.41. The summed E-state index contributed by atoms with van der Waals surface area (Å²) in [6, 6.07) is 6.26. The first-order valence-corrected chi connectivity index (χ1v) is 9.03. The molecule has 4 rings (SSSR count). The third kappa shape index (κ3) is 3.80. The lowest BCUT2D eigenvalue weighted by molar-refractivity contribution is 0.0735. The number of nitrogens with one attached hydrogen (secondary N) is 1. The van der Waals surface area contributed by atoms with Gasteiger partial charge in [-0.3, -0.25) is 14.9 Å². The number of fused-ring (bicyclic) bond motifs is 1. The lowest BCUT2D eigenvalue weighted by Crippen LogP contribution is -2.43. The molecule has 1 aliphatic carbocycles. The van der Waals surface area contributed by atoms with E-state index in [0.29, 0.717) is 11.8 Å². The number of nitrogens with zero attached hydrogens (tertiary/aromatic N) is 4. The summed E-state index contributed by atoms with van der Waals surface area (Å²) in [4.78, 5) is 15.5. The van der Waals surface area contributed by atoms with Gasteiger partial charge in [-0.1, -0.05) is 6.07 Å². The fourth-order valence-electron chi connectivity index (χ4n) is 4.29. The van der Waals surface area contributed by atoms with Crippen LogP contribution in [0, 0.1) is 18.8 Å². The molecule has 0 radical (unpaired) electrons. The molecule has 6 nitrogen and oxygen atoms in total. The van der Waals surface area contributed by atoms with Crippen molar-refractivity contribution >= 4 is 5.82 Å². The quantitative estimate of drug-likeness (QED) is 0.886. The number of aromatic nitrogens is 3. The van der Waals surface area contributed by atoms with Crippen molar-refractivity contribution in [2.24, 2.45) is 11.8 Å². The molecule has 1 saturated carbocycles. The van der Waals surface area contributed by atoms with Gasteiger partial charge in [0.15, 0.2) is 0 Å². The maximum absolute atomic E-state index is 10.5. The number of aliphatic hydroxyl groups is 1. The van der Waals surface area contributed by atoms with Gasteiger partial charge in [0.05, 0.1) is 24.0 Å². The first-order chi connectivity index (χ1) is 12.2. The van der Waals surface area contributed by atoms with Crippen molar-refractivity contribution in [1.29, 1.82) is 0 Å².